The van der Waals surface area contributed by atoms with Gasteiger partial charge in [0.1, 0.15) is 5.82 Å². The number of non-ortho nitro benzene ring substituents is 1. The second kappa shape index (κ2) is 5.75. The lowest BCUT2D eigenvalue weighted by atomic mass is 10.2. The first kappa shape index (κ1) is 14.1. The Morgan fingerprint density at radius 1 is 1.20 bits per heavy atom. The van der Waals surface area contributed by atoms with Crippen LogP contribution in [0.15, 0.2) is 36.4 Å². The molecule has 0 fully saturated rings. The maximum atomic E-state index is 13.2. The lowest BCUT2D eigenvalue weighted by Crippen LogP contribution is -1.97. The van der Waals surface area contributed by atoms with Crippen LogP contribution in [0.3, 0.4) is 0 Å². The molecule has 0 radical (unpaired) electrons. The zero-order valence-corrected chi connectivity index (χ0v) is 11.2. The SMILES string of the molecule is CNc1cc(Nc2cc(F)ccc2Cl)cc([N+](=O)[O-])c1. The van der Waals surface area contributed by atoms with Gasteiger partial charge in [0, 0.05) is 30.6 Å². The molecule has 0 spiro atoms. The van der Waals surface area contributed by atoms with Gasteiger partial charge in [-0.3, -0.25) is 10.1 Å². The summed E-state index contributed by atoms with van der Waals surface area (Å²) in [4.78, 5) is 10.4. The number of rotatable bonds is 4. The van der Waals surface area contributed by atoms with Gasteiger partial charge in [0.25, 0.3) is 5.69 Å². The predicted molar refractivity (Wildman–Crippen MR) is 77.3 cm³/mol. The summed E-state index contributed by atoms with van der Waals surface area (Å²) in [5.74, 6) is -0.448. The molecule has 2 aromatic carbocycles. The number of hydrogen-bond donors (Lipinski definition) is 2. The minimum atomic E-state index is -0.501. The summed E-state index contributed by atoms with van der Waals surface area (Å²) >= 11 is 5.94. The molecule has 0 aromatic heterocycles. The van der Waals surface area contributed by atoms with Gasteiger partial charge >= 0.3 is 0 Å². The minimum Gasteiger partial charge on any atom is -0.388 e. The van der Waals surface area contributed by atoms with E-state index >= 15 is 0 Å². The molecule has 0 amide bonds. The van der Waals surface area contributed by atoms with E-state index in [-0.39, 0.29) is 5.69 Å². The molecule has 2 rings (SSSR count). The van der Waals surface area contributed by atoms with Crippen molar-refractivity contribution in [3.05, 3.63) is 57.4 Å². The van der Waals surface area contributed by atoms with Gasteiger partial charge in [0.05, 0.1) is 15.6 Å². The summed E-state index contributed by atoms with van der Waals surface area (Å²) in [7, 11) is 1.65. The molecule has 0 aliphatic rings. The maximum Gasteiger partial charge on any atom is 0.273 e. The van der Waals surface area contributed by atoms with Gasteiger partial charge in [-0.15, -0.1) is 0 Å². The van der Waals surface area contributed by atoms with E-state index in [1.165, 1.54) is 30.3 Å². The first-order chi connectivity index (χ1) is 9.49. The molecule has 5 nitrogen and oxygen atoms in total. The third-order valence-corrected chi connectivity index (χ3v) is 2.95. The van der Waals surface area contributed by atoms with Crippen molar-refractivity contribution in [3.8, 4) is 0 Å². The van der Waals surface area contributed by atoms with Crippen LogP contribution in [0.25, 0.3) is 0 Å². The second-order valence-corrected chi connectivity index (χ2v) is 4.43. The molecular weight excluding hydrogens is 285 g/mol. The monoisotopic (exact) mass is 295 g/mol. The smallest absolute Gasteiger partial charge is 0.273 e. The average Bonchev–Trinajstić information content (AvgIpc) is 2.42. The molecule has 7 heteroatoms. The third-order valence-electron chi connectivity index (χ3n) is 2.62. The summed E-state index contributed by atoms with van der Waals surface area (Å²) in [6.07, 6.45) is 0. The van der Waals surface area contributed by atoms with E-state index in [1.54, 1.807) is 13.1 Å². The molecule has 20 heavy (non-hydrogen) atoms. The van der Waals surface area contributed by atoms with Crippen molar-refractivity contribution in [1.82, 2.24) is 0 Å². The fourth-order valence-corrected chi connectivity index (χ4v) is 1.85. The number of hydrogen-bond acceptors (Lipinski definition) is 4. The predicted octanol–water partition coefficient (Wildman–Crippen LogP) is 4.17. The average molecular weight is 296 g/mol. The molecule has 2 aromatic rings. The van der Waals surface area contributed by atoms with Crippen LogP contribution in [0.1, 0.15) is 0 Å². The number of nitrogens with zero attached hydrogens (tertiary/aromatic N) is 1. The van der Waals surface area contributed by atoms with Crippen molar-refractivity contribution in [3.63, 3.8) is 0 Å². The second-order valence-electron chi connectivity index (χ2n) is 4.02. The van der Waals surface area contributed by atoms with Gasteiger partial charge in [-0.1, -0.05) is 11.6 Å². The topological polar surface area (TPSA) is 67.2 Å². The highest BCUT2D eigenvalue weighted by Gasteiger charge is 2.10. The van der Waals surface area contributed by atoms with Gasteiger partial charge in [0.2, 0.25) is 0 Å². The Balaban J connectivity index is 2.39. The van der Waals surface area contributed by atoms with E-state index in [0.29, 0.717) is 22.1 Å². The standard InChI is InChI=1S/C13H11ClFN3O2/c1-16-9-5-10(7-11(6-9)18(19)20)17-13-4-8(15)2-3-12(13)14/h2-7,16-17H,1H3. The number of nitrogens with one attached hydrogen (secondary N) is 2. The number of nitro benzene ring substituents is 1. The molecule has 0 aliphatic carbocycles. The Morgan fingerprint density at radius 3 is 2.55 bits per heavy atom. The molecule has 0 saturated heterocycles. The zero-order chi connectivity index (χ0) is 14.7. The quantitative estimate of drug-likeness (QED) is 0.656. The highest BCUT2D eigenvalue weighted by Crippen LogP contribution is 2.30. The van der Waals surface area contributed by atoms with Crippen molar-refractivity contribution < 1.29 is 9.31 Å². The maximum absolute atomic E-state index is 13.2. The van der Waals surface area contributed by atoms with Crippen molar-refractivity contribution in [2.45, 2.75) is 0 Å². The number of anilines is 3. The van der Waals surface area contributed by atoms with Crippen LogP contribution in [0.2, 0.25) is 5.02 Å². The summed E-state index contributed by atoms with van der Waals surface area (Å²) < 4.78 is 13.2. The third kappa shape index (κ3) is 3.16. The summed E-state index contributed by atoms with van der Waals surface area (Å²) in [5, 5.41) is 16.9. The first-order valence-corrected chi connectivity index (χ1v) is 6.06. The van der Waals surface area contributed by atoms with E-state index in [4.69, 9.17) is 11.6 Å². The molecular formula is C13H11ClFN3O2. The van der Waals surface area contributed by atoms with Crippen molar-refractivity contribution in [1.29, 1.82) is 0 Å². The Morgan fingerprint density at radius 2 is 1.90 bits per heavy atom. The van der Waals surface area contributed by atoms with Gasteiger partial charge < -0.3 is 10.6 Å². The lowest BCUT2D eigenvalue weighted by Gasteiger charge is -2.10. The van der Waals surface area contributed by atoms with Crippen LogP contribution in [-0.4, -0.2) is 12.0 Å². The molecule has 0 bridgehead atoms. The molecule has 104 valence electrons. The van der Waals surface area contributed by atoms with Crippen LogP contribution in [0.4, 0.5) is 27.1 Å². The first-order valence-electron chi connectivity index (χ1n) is 5.69. The molecule has 2 N–H and O–H groups in total. The Kier molecular flexibility index (Phi) is 4.05. The Hall–Kier alpha value is -2.34. The fourth-order valence-electron chi connectivity index (χ4n) is 1.68. The van der Waals surface area contributed by atoms with E-state index in [1.807, 2.05) is 0 Å². The van der Waals surface area contributed by atoms with E-state index < -0.39 is 10.7 Å². The minimum absolute atomic E-state index is 0.0770. The van der Waals surface area contributed by atoms with Crippen LogP contribution < -0.4 is 10.6 Å². The van der Waals surface area contributed by atoms with Crippen molar-refractivity contribution in [2.75, 3.05) is 17.7 Å². The van der Waals surface area contributed by atoms with Gasteiger partial charge in [-0.25, -0.2) is 4.39 Å². The molecule has 0 aliphatic heterocycles. The van der Waals surface area contributed by atoms with E-state index in [9.17, 15) is 14.5 Å². The highest BCUT2D eigenvalue weighted by molar-refractivity contribution is 6.33. The van der Waals surface area contributed by atoms with Crippen LogP contribution in [-0.2, 0) is 0 Å². The van der Waals surface area contributed by atoms with Gasteiger partial charge in [-0.05, 0) is 24.3 Å². The van der Waals surface area contributed by atoms with Crippen LogP contribution in [0, 0.1) is 15.9 Å². The number of benzene rings is 2. The molecule has 0 heterocycles. The van der Waals surface area contributed by atoms with Crippen molar-refractivity contribution in [2.24, 2.45) is 0 Å². The lowest BCUT2D eigenvalue weighted by molar-refractivity contribution is -0.384. The molecule has 0 saturated carbocycles. The van der Waals surface area contributed by atoms with Crippen LogP contribution >= 0.6 is 11.6 Å². The van der Waals surface area contributed by atoms with E-state index in [0.717, 1.165) is 0 Å². The summed E-state index contributed by atoms with van der Waals surface area (Å²) in [6, 6.07) is 8.28. The van der Waals surface area contributed by atoms with Gasteiger partial charge in [-0.2, -0.15) is 0 Å². The number of halogens is 2. The highest BCUT2D eigenvalue weighted by atomic mass is 35.5. The van der Waals surface area contributed by atoms with Gasteiger partial charge in [0.15, 0.2) is 0 Å². The molecule has 0 unspecified atom stereocenters. The van der Waals surface area contributed by atoms with E-state index in [2.05, 4.69) is 10.6 Å². The zero-order valence-electron chi connectivity index (χ0n) is 10.5. The Bertz CT molecular complexity index is 664. The summed E-state index contributed by atoms with van der Waals surface area (Å²) in [6.45, 7) is 0. The number of nitro groups is 1. The molecule has 0 atom stereocenters. The Labute approximate surface area is 119 Å². The summed E-state index contributed by atoms with van der Waals surface area (Å²) in [5.41, 5.74) is 1.27. The van der Waals surface area contributed by atoms with Crippen molar-refractivity contribution >= 4 is 34.4 Å². The largest absolute Gasteiger partial charge is 0.388 e. The normalized spacial score (nSPS) is 10.2. The fraction of sp³-hybridized carbons (Fsp3) is 0.0769. The van der Waals surface area contributed by atoms with Crippen LogP contribution in [0.5, 0.6) is 0 Å².